The number of nitrogens with one attached hydrogen (secondary N) is 1. The highest BCUT2D eigenvalue weighted by Gasteiger charge is 2.29. The fourth-order valence-corrected chi connectivity index (χ4v) is 4.14. The van der Waals surface area contributed by atoms with Crippen LogP contribution in [0.15, 0.2) is 18.2 Å². The fourth-order valence-electron chi connectivity index (χ4n) is 4.14. The smallest absolute Gasteiger partial charge is 0.306 e. The summed E-state index contributed by atoms with van der Waals surface area (Å²) in [6.07, 6.45) is 7.26. The second kappa shape index (κ2) is 7.04. The van der Waals surface area contributed by atoms with E-state index in [2.05, 4.69) is 37.4 Å². The topological polar surface area (TPSA) is 49.3 Å². The Balaban J connectivity index is 1.68. The highest BCUT2D eigenvalue weighted by atomic mass is 16.4. The minimum Gasteiger partial charge on any atom is -0.481 e. The van der Waals surface area contributed by atoms with Crippen molar-refractivity contribution >= 4 is 5.97 Å². The summed E-state index contributed by atoms with van der Waals surface area (Å²) < 4.78 is 0. The van der Waals surface area contributed by atoms with Gasteiger partial charge in [0.1, 0.15) is 0 Å². The van der Waals surface area contributed by atoms with Gasteiger partial charge in [-0.25, -0.2) is 0 Å². The lowest BCUT2D eigenvalue weighted by Crippen LogP contribution is -2.38. The molecule has 3 rings (SSSR count). The molecule has 0 amide bonds. The molecule has 0 radical (unpaired) electrons. The number of carboxylic acids is 1. The molecule has 2 aliphatic carbocycles. The van der Waals surface area contributed by atoms with Crippen molar-refractivity contribution in [2.24, 2.45) is 5.92 Å². The normalized spacial score (nSPS) is 27.7. The quantitative estimate of drug-likeness (QED) is 0.864. The van der Waals surface area contributed by atoms with Crippen molar-refractivity contribution < 1.29 is 9.90 Å². The number of fused-ring (bicyclic) bond motifs is 1. The highest BCUT2D eigenvalue weighted by molar-refractivity contribution is 5.70. The van der Waals surface area contributed by atoms with Crippen molar-refractivity contribution in [1.82, 2.24) is 5.32 Å². The van der Waals surface area contributed by atoms with Crippen LogP contribution in [0, 0.1) is 5.92 Å². The number of rotatable bonds is 4. The van der Waals surface area contributed by atoms with E-state index in [4.69, 9.17) is 5.11 Å². The lowest BCUT2D eigenvalue weighted by molar-refractivity contribution is -0.142. The largest absolute Gasteiger partial charge is 0.481 e. The molecule has 23 heavy (non-hydrogen) atoms. The maximum Gasteiger partial charge on any atom is 0.306 e. The Bertz CT molecular complexity index is 559. The summed E-state index contributed by atoms with van der Waals surface area (Å²) in [6.45, 7) is 4.50. The van der Waals surface area contributed by atoms with Crippen LogP contribution in [0.3, 0.4) is 0 Å². The molecular formula is C20H29NO2. The third kappa shape index (κ3) is 3.77. The van der Waals surface area contributed by atoms with Crippen molar-refractivity contribution in [3.63, 3.8) is 0 Å². The molecule has 3 nitrogen and oxygen atoms in total. The Labute approximate surface area is 139 Å². The summed E-state index contributed by atoms with van der Waals surface area (Å²) >= 11 is 0. The number of hydrogen-bond donors (Lipinski definition) is 2. The van der Waals surface area contributed by atoms with Crippen LogP contribution < -0.4 is 5.32 Å². The van der Waals surface area contributed by atoms with Crippen LogP contribution >= 0.6 is 0 Å². The zero-order chi connectivity index (χ0) is 16.4. The van der Waals surface area contributed by atoms with Gasteiger partial charge in [0.05, 0.1) is 5.92 Å². The van der Waals surface area contributed by atoms with E-state index in [1.54, 1.807) is 0 Å². The van der Waals surface area contributed by atoms with Crippen LogP contribution in [0.25, 0.3) is 0 Å². The lowest BCUT2D eigenvalue weighted by atomic mass is 9.82. The average molecular weight is 315 g/mol. The Morgan fingerprint density at radius 2 is 1.91 bits per heavy atom. The molecule has 2 aliphatic rings. The summed E-state index contributed by atoms with van der Waals surface area (Å²) in [5.41, 5.74) is 4.41. The first-order chi connectivity index (χ1) is 11.0. The zero-order valence-corrected chi connectivity index (χ0v) is 14.3. The molecule has 1 atom stereocenters. The van der Waals surface area contributed by atoms with Crippen molar-refractivity contribution in [2.45, 2.75) is 76.8 Å². The van der Waals surface area contributed by atoms with Gasteiger partial charge in [-0.2, -0.15) is 0 Å². The van der Waals surface area contributed by atoms with Crippen molar-refractivity contribution in [3.05, 3.63) is 34.9 Å². The van der Waals surface area contributed by atoms with Crippen LogP contribution in [0.5, 0.6) is 0 Å². The van der Waals surface area contributed by atoms with Crippen molar-refractivity contribution in [2.75, 3.05) is 0 Å². The predicted molar refractivity (Wildman–Crippen MR) is 92.7 cm³/mol. The Kier molecular flexibility index (Phi) is 5.05. The molecule has 0 aliphatic heterocycles. The van der Waals surface area contributed by atoms with E-state index < -0.39 is 5.97 Å². The van der Waals surface area contributed by atoms with Gasteiger partial charge in [0.2, 0.25) is 0 Å². The molecule has 3 heteroatoms. The number of carbonyl (C=O) groups is 1. The number of aryl methyl sites for hydroxylation is 1. The number of carboxylic acid groups (broad SMARTS) is 1. The second-order valence-corrected chi connectivity index (χ2v) is 7.61. The van der Waals surface area contributed by atoms with Crippen molar-refractivity contribution in [3.8, 4) is 0 Å². The third-order valence-electron chi connectivity index (χ3n) is 5.66. The van der Waals surface area contributed by atoms with Gasteiger partial charge in [-0.1, -0.05) is 32.0 Å². The zero-order valence-electron chi connectivity index (χ0n) is 14.3. The molecule has 1 aromatic carbocycles. The van der Waals surface area contributed by atoms with Gasteiger partial charge in [0.25, 0.3) is 0 Å². The molecule has 2 N–H and O–H groups in total. The van der Waals surface area contributed by atoms with E-state index in [1.165, 1.54) is 36.0 Å². The van der Waals surface area contributed by atoms with E-state index >= 15 is 0 Å². The molecule has 0 spiro atoms. The lowest BCUT2D eigenvalue weighted by Gasteiger charge is -2.34. The Morgan fingerprint density at radius 3 is 2.57 bits per heavy atom. The van der Waals surface area contributed by atoms with E-state index in [-0.39, 0.29) is 5.92 Å². The number of aliphatic carboxylic acids is 1. The summed E-state index contributed by atoms with van der Waals surface area (Å²) in [5.74, 6) is -0.179. The first-order valence-electron chi connectivity index (χ1n) is 9.16. The summed E-state index contributed by atoms with van der Waals surface area (Å²) in [5, 5.41) is 13.0. The highest BCUT2D eigenvalue weighted by Crippen LogP contribution is 2.34. The number of benzene rings is 1. The van der Waals surface area contributed by atoms with Crippen LogP contribution in [-0.2, 0) is 11.2 Å². The van der Waals surface area contributed by atoms with E-state index in [0.717, 1.165) is 25.7 Å². The summed E-state index contributed by atoms with van der Waals surface area (Å²) in [7, 11) is 0. The van der Waals surface area contributed by atoms with Gasteiger partial charge >= 0.3 is 5.97 Å². The maximum atomic E-state index is 11.1. The standard InChI is InChI=1S/C20H29NO2/c1-13(2)16-7-6-14-4-3-5-19(18(14)12-16)21-17-10-8-15(9-11-17)20(22)23/h6-7,12-13,15,17,19,21H,3-5,8-11H2,1-2H3,(H,22,23)/t15?,17?,19-/m0/s1. The first kappa shape index (κ1) is 16.5. The third-order valence-corrected chi connectivity index (χ3v) is 5.66. The van der Waals surface area contributed by atoms with Crippen LogP contribution in [0.1, 0.15) is 81.0 Å². The van der Waals surface area contributed by atoms with Crippen LogP contribution in [0.2, 0.25) is 0 Å². The minimum absolute atomic E-state index is 0.126. The maximum absolute atomic E-state index is 11.1. The Morgan fingerprint density at radius 1 is 1.17 bits per heavy atom. The van der Waals surface area contributed by atoms with Crippen LogP contribution in [0.4, 0.5) is 0 Å². The predicted octanol–water partition coefficient (Wildman–Crippen LogP) is 4.42. The van der Waals surface area contributed by atoms with E-state index in [1.807, 2.05) is 0 Å². The molecule has 0 aromatic heterocycles. The molecule has 0 saturated heterocycles. The molecular weight excluding hydrogens is 286 g/mol. The fraction of sp³-hybridized carbons (Fsp3) is 0.650. The molecule has 0 unspecified atom stereocenters. The van der Waals surface area contributed by atoms with Gasteiger partial charge in [-0.3, -0.25) is 4.79 Å². The molecule has 1 fully saturated rings. The second-order valence-electron chi connectivity index (χ2n) is 7.61. The molecule has 0 bridgehead atoms. The number of hydrogen-bond acceptors (Lipinski definition) is 2. The molecule has 126 valence electrons. The van der Waals surface area contributed by atoms with Crippen LogP contribution in [-0.4, -0.2) is 17.1 Å². The first-order valence-corrected chi connectivity index (χ1v) is 9.16. The monoisotopic (exact) mass is 315 g/mol. The van der Waals surface area contributed by atoms with Gasteiger partial charge in [-0.15, -0.1) is 0 Å². The summed E-state index contributed by atoms with van der Waals surface area (Å²) in [4.78, 5) is 11.1. The SMILES string of the molecule is CC(C)c1ccc2c(c1)[C@@H](NC1CCC(C(=O)O)CC1)CCC2. The van der Waals surface area contributed by atoms with Crippen molar-refractivity contribution in [1.29, 1.82) is 0 Å². The average Bonchev–Trinajstić information content (AvgIpc) is 2.55. The molecule has 1 aromatic rings. The molecule has 1 saturated carbocycles. The minimum atomic E-state index is -0.618. The van der Waals surface area contributed by atoms with E-state index in [0.29, 0.717) is 18.0 Å². The summed E-state index contributed by atoms with van der Waals surface area (Å²) in [6, 6.07) is 7.93. The van der Waals surface area contributed by atoms with Gasteiger partial charge in [-0.05, 0) is 67.6 Å². The van der Waals surface area contributed by atoms with Gasteiger partial charge in [0, 0.05) is 12.1 Å². The van der Waals surface area contributed by atoms with Gasteiger partial charge in [0.15, 0.2) is 0 Å². The Hall–Kier alpha value is -1.35. The van der Waals surface area contributed by atoms with E-state index in [9.17, 15) is 4.79 Å². The molecule has 0 heterocycles. The van der Waals surface area contributed by atoms with Gasteiger partial charge < -0.3 is 10.4 Å².